The molecule has 0 atom stereocenters. The van der Waals surface area contributed by atoms with E-state index in [1.54, 1.807) is 20.8 Å². The molecule has 1 amide bonds. The summed E-state index contributed by atoms with van der Waals surface area (Å²) < 4.78 is 0. The van der Waals surface area contributed by atoms with E-state index in [9.17, 15) is 9.59 Å². The second-order valence-electron chi connectivity index (χ2n) is 3.53. The van der Waals surface area contributed by atoms with Crippen LogP contribution in [0.3, 0.4) is 0 Å². The first kappa shape index (κ1) is 10.8. The molecule has 0 rings (SSSR count). The van der Waals surface area contributed by atoms with Crippen molar-refractivity contribution in [3.05, 3.63) is 12.2 Å². The van der Waals surface area contributed by atoms with Crippen molar-refractivity contribution in [2.75, 3.05) is 0 Å². The Labute approximate surface area is 71.8 Å². The van der Waals surface area contributed by atoms with E-state index in [2.05, 4.69) is 6.58 Å². The first-order chi connectivity index (χ1) is 5.30. The fourth-order valence-corrected chi connectivity index (χ4v) is 0.643. The van der Waals surface area contributed by atoms with Gasteiger partial charge in [-0.3, -0.25) is 15.0 Å². The van der Waals surface area contributed by atoms with Crippen LogP contribution in [0.25, 0.3) is 0 Å². The molecule has 0 unspecified atom stereocenters. The van der Waals surface area contributed by atoms with Crippen molar-refractivity contribution in [2.24, 2.45) is 11.3 Å². The third kappa shape index (κ3) is 2.47. The number of Topliss-reactive ketones (excluding diaryl/α,β-unsaturated/α-hetero) is 1. The van der Waals surface area contributed by atoms with Crippen LogP contribution in [0.1, 0.15) is 20.8 Å². The van der Waals surface area contributed by atoms with E-state index in [1.807, 2.05) is 5.43 Å². The van der Waals surface area contributed by atoms with E-state index < -0.39 is 11.3 Å². The van der Waals surface area contributed by atoms with Crippen LogP contribution in [-0.2, 0) is 9.59 Å². The van der Waals surface area contributed by atoms with Crippen molar-refractivity contribution >= 4 is 11.7 Å². The highest BCUT2D eigenvalue weighted by Gasteiger charge is 2.26. The van der Waals surface area contributed by atoms with Crippen molar-refractivity contribution in [3.8, 4) is 0 Å². The van der Waals surface area contributed by atoms with Crippen molar-refractivity contribution < 1.29 is 9.59 Å². The molecule has 0 heterocycles. The topological polar surface area (TPSA) is 72.2 Å². The number of rotatable bonds is 2. The van der Waals surface area contributed by atoms with Crippen molar-refractivity contribution in [3.63, 3.8) is 0 Å². The van der Waals surface area contributed by atoms with E-state index >= 15 is 0 Å². The molecule has 68 valence electrons. The SMILES string of the molecule is C=C(C(=O)NN)C(=O)C(C)(C)C. The molecule has 0 aromatic rings. The van der Waals surface area contributed by atoms with E-state index in [0.29, 0.717) is 0 Å². The Morgan fingerprint density at radius 2 is 1.75 bits per heavy atom. The third-order valence-corrected chi connectivity index (χ3v) is 1.36. The van der Waals surface area contributed by atoms with Crippen molar-refractivity contribution in [1.29, 1.82) is 0 Å². The van der Waals surface area contributed by atoms with Crippen molar-refractivity contribution in [1.82, 2.24) is 5.43 Å². The zero-order valence-electron chi connectivity index (χ0n) is 7.60. The average molecular weight is 170 g/mol. The normalized spacial score (nSPS) is 10.7. The Balaban J connectivity index is 4.53. The maximum atomic E-state index is 11.3. The molecule has 0 aromatic carbocycles. The summed E-state index contributed by atoms with van der Waals surface area (Å²) in [4.78, 5) is 22.2. The number of ketones is 1. The summed E-state index contributed by atoms with van der Waals surface area (Å²) in [5.41, 5.74) is 1.16. The monoisotopic (exact) mass is 170 g/mol. The molecule has 12 heavy (non-hydrogen) atoms. The number of carbonyl (C=O) groups is 2. The summed E-state index contributed by atoms with van der Waals surface area (Å²) in [7, 11) is 0. The zero-order valence-corrected chi connectivity index (χ0v) is 7.60. The van der Waals surface area contributed by atoms with Gasteiger partial charge in [0.1, 0.15) is 0 Å². The minimum absolute atomic E-state index is 0.106. The predicted octanol–water partition coefficient (Wildman–Crippen LogP) is 0.148. The Bertz CT molecular complexity index is 226. The van der Waals surface area contributed by atoms with Crippen LogP contribution in [0.15, 0.2) is 12.2 Å². The number of hydrogen-bond acceptors (Lipinski definition) is 3. The highest BCUT2D eigenvalue weighted by molar-refractivity contribution is 6.20. The summed E-state index contributed by atoms with van der Waals surface area (Å²) in [6.07, 6.45) is 0. The smallest absolute Gasteiger partial charge is 0.268 e. The molecule has 4 nitrogen and oxygen atoms in total. The Hall–Kier alpha value is -1.16. The second kappa shape index (κ2) is 3.49. The Morgan fingerprint density at radius 3 is 2.00 bits per heavy atom. The summed E-state index contributed by atoms with van der Waals surface area (Å²) in [5, 5.41) is 0. The van der Waals surface area contributed by atoms with Gasteiger partial charge in [-0.05, 0) is 0 Å². The first-order valence-electron chi connectivity index (χ1n) is 3.55. The molecule has 0 spiro atoms. The van der Waals surface area contributed by atoms with Crippen LogP contribution < -0.4 is 11.3 Å². The summed E-state index contributed by atoms with van der Waals surface area (Å²) >= 11 is 0. The third-order valence-electron chi connectivity index (χ3n) is 1.36. The molecule has 0 aromatic heterocycles. The maximum Gasteiger partial charge on any atom is 0.268 e. The van der Waals surface area contributed by atoms with Crippen LogP contribution >= 0.6 is 0 Å². The number of carbonyl (C=O) groups excluding carboxylic acids is 2. The molecule has 0 saturated carbocycles. The van der Waals surface area contributed by atoms with E-state index in [4.69, 9.17) is 5.84 Å². The lowest BCUT2D eigenvalue weighted by Gasteiger charge is -2.16. The van der Waals surface area contributed by atoms with Gasteiger partial charge in [0.05, 0.1) is 5.57 Å². The van der Waals surface area contributed by atoms with Gasteiger partial charge in [-0.1, -0.05) is 27.4 Å². The lowest BCUT2D eigenvalue weighted by molar-refractivity contribution is -0.126. The summed E-state index contributed by atoms with van der Waals surface area (Å²) in [6, 6.07) is 0. The number of nitrogens with one attached hydrogen (secondary N) is 1. The molecule has 0 aliphatic heterocycles. The average Bonchev–Trinajstić information content (AvgIpc) is 1.98. The predicted molar refractivity (Wildman–Crippen MR) is 45.9 cm³/mol. The Kier molecular flexibility index (Phi) is 3.15. The van der Waals surface area contributed by atoms with Gasteiger partial charge in [-0.25, -0.2) is 5.84 Å². The van der Waals surface area contributed by atoms with Gasteiger partial charge in [0, 0.05) is 5.41 Å². The summed E-state index contributed by atoms with van der Waals surface area (Å²) in [6.45, 7) is 8.49. The molecule has 3 N–H and O–H groups in total. The fraction of sp³-hybridized carbons (Fsp3) is 0.500. The highest BCUT2D eigenvalue weighted by atomic mass is 16.2. The van der Waals surface area contributed by atoms with Gasteiger partial charge < -0.3 is 0 Å². The highest BCUT2D eigenvalue weighted by Crippen LogP contribution is 2.18. The molecule has 0 bridgehead atoms. The zero-order chi connectivity index (χ0) is 9.94. The lowest BCUT2D eigenvalue weighted by atomic mass is 9.86. The summed E-state index contributed by atoms with van der Waals surface area (Å²) in [5.74, 6) is 3.91. The molecule has 0 aliphatic carbocycles. The van der Waals surface area contributed by atoms with Gasteiger partial charge in [0.25, 0.3) is 5.91 Å². The standard InChI is InChI=1S/C8H14N2O2/c1-5(7(12)10-9)6(11)8(2,3)4/h1,9H2,2-4H3,(H,10,12). The van der Waals surface area contributed by atoms with Gasteiger partial charge in [-0.15, -0.1) is 0 Å². The van der Waals surface area contributed by atoms with Crippen LogP contribution in [-0.4, -0.2) is 11.7 Å². The number of nitrogens with two attached hydrogens (primary N) is 1. The van der Waals surface area contributed by atoms with Gasteiger partial charge in [0.15, 0.2) is 5.78 Å². The molecular weight excluding hydrogens is 156 g/mol. The van der Waals surface area contributed by atoms with Gasteiger partial charge >= 0.3 is 0 Å². The van der Waals surface area contributed by atoms with Gasteiger partial charge in [0.2, 0.25) is 0 Å². The van der Waals surface area contributed by atoms with Crippen LogP contribution in [0.4, 0.5) is 0 Å². The molecule has 0 fully saturated rings. The maximum absolute atomic E-state index is 11.3. The first-order valence-corrected chi connectivity index (χ1v) is 3.55. The number of hydrazine groups is 1. The van der Waals surface area contributed by atoms with Gasteiger partial charge in [-0.2, -0.15) is 0 Å². The quantitative estimate of drug-likeness (QED) is 0.155. The van der Waals surface area contributed by atoms with Crippen molar-refractivity contribution in [2.45, 2.75) is 20.8 Å². The molecular formula is C8H14N2O2. The number of amides is 1. The van der Waals surface area contributed by atoms with Crippen LogP contribution in [0, 0.1) is 5.41 Å². The van der Waals surface area contributed by atoms with Crippen LogP contribution in [0.5, 0.6) is 0 Å². The molecule has 0 saturated heterocycles. The van der Waals surface area contributed by atoms with E-state index in [0.717, 1.165) is 0 Å². The fourth-order valence-electron chi connectivity index (χ4n) is 0.643. The minimum Gasteiger partial charge on any atom is -0.293 e. The minimum atomic E-state index is -0.630. The molecule has 0 aliphatic rings. The lowest BCUT2D eigenvalue weighted by Crippen LogP contribution is -2.36. The van der Waals surface area contributed by atoms with E-state index in [-0.39, 0.29) is 11.4 Å². The second-order valence-corrected chi connectivity index (χ2v) is 3.53. The molecule has 4 heteroatoms. The Morgan fingerprint density at radius 1 is 1.33 bits per heavy atom. The van der Waals surface area contributed by atoms with Crippen LogP contribution in [0.2, 0.25) is 0 Å². The number of hydrogen-bond donors (Lipinski definition) is 2. The largest absolute Gasteiger partial charge is 0.293 e. The molecule has 0 radical (unpaired) electrons. The van der Waals surface area contributed by atoms with E-state index in [1.165, 1.54) is 0 Å².